The zero-order valence-corrected chi connectivity index (χ0v) is 18.8. The van der Waals surface area contributed by atoms with Gasteiger partial charge < -0.3 is 10.6 Å². The molecular formula is C20H20F6N6OS. The molecule has 14 heteroatoms. The largest absolute Gasteiger partial charge is 0.416 e. The monoisotopic (exact) mass is 506 g/mol. The number of hydrogen-bond acceptors (Lipinski definition) is 6. The minimum absolute atomic E-state index is 0.0279. The summed E-state index contributed by atoms with van der Waals surface area (Å²) in [7, 11) is 0. The maximum Gasteiger partial charge on any atom is 0.416 e. The number of benzene rings is 1. The fourth-order valence-corrected chi connectivity index (χ4v) is 3.39. The van der Waals surface area contributed by atoms with E-state index < -0.39 is 35.0 Å². The number of alkyl halides is 6. The van der Waals surface area contributed by atoms with Gasteiger partial charge in [-0.1, -0.05) is 18.7 Å². The van der Waals surface area contributed by atoms with E-state index in [4.69, 9.17) is 0 Å². The molecule has 3 rings (SSSR count). The van der Waals surface area contributed by atoms with Crippen LogP contribution in [0.25, 0.3) is 11.0 Å². The lowest BCUT2D eigenvalue weighted by Crippen LogP contribution is -2.28. The summed E-state index contributed by atoms with van der Waals surface area (Å²) in [4.78, 5) is 21.2. The minimum Gasteiger partial charge on any atom is -0.369 e. The molecule has 0 spiro atoms. The predicted molar refractivity (Wildman–Crippen MR) is 115 cm³/mol. The van der Waals surface area contributed by atoms with Gasteiger partial charge in [0.15, 0.2) is 10.8 Å². The van der Waals surface area contributed by atoms with Gasteiger partial charge in [0.1, 0.15) is 5.82 Å². The SMILES string of the molecule is CCCNc1nc(SC)nc2c1cnn2CCNC(=O)c1cc(C(F)(F)F)cc(C(F)(F)F)c1. The van der Waals surface area contributed by atoms with Crippen LogP contribution in [0.15, 0.2) is 29.6 Å². The van der Waals surface area contributed by atoms with E-state index in [1.165, 1.54) is 16.4 Å². The topological polar surface area (TPSA) is 84.7 Å². The van der Waals surface area contributed by atoms with Crippen molar-refractivity contribution in [3.8, 4) is 0 Å². The molecule has 0 fully saturated rings. The lowest BCUT2D eigenvalue weighted by atomic mass is 10.0. The number of carbonyl (C=O) groups excluding carboxylic acids is 1. The Morgan fingerprint density at radius 2 is 1.68 bits per heavy atom. The van der Waals surface area contributed by atoms with Crippen molar-refractivity contribution in [2.45, 2.75) is 37.4 Å². The second kappa shape index (κ2) is 10.1. The number of nitrogens with zero attached hydrogens (tertiary/aromatic N) is 4. The Balaban J connectivity index is 1.79. The maximum absolute atomic E-state index is 13.0. The average Bonchev–Trinajstić information content (AvgIpc) is 3.18. The van der Waals surface area contributed by atoms with E-state index in [9.17, 15) is 31.1 Å². The average molecular weight is 506 g/mol. The molecule has 0 aliphatic carbocycles. The van der Waals surface area contributed by atoms with Gasteiger partial charge in [0.2, 0.25) is 0 Å². The fraction of sp³-hybridized carbons (Fsp3) is 0.400. The van der Waals surface area contributed by atoms with Crippen molar-refractivity contribution in [1.29, 1.82) is 0 Å². The summed E-state index contributed by atoms with van der Waals surface area (Å²) in [5.41, 5.74) is -3.38. The normalized spacial score (nSPS) is 12.2. The van der Waals surface area contributed by atoms with Crippen LogP contribution in [0.2, 0.25) is 0 Å². The van der Waals surface area contributed by atoms with Crippen LogP contribution in [0.5, 0.6) is 0 Å². The molecule has 0 unspecified atom stereocenters. The summed E-state index contributed by atoms with van der Waals surface area (Å²) < 4.78 is 79.6. The van der Waals surface area contributed by atoms with Crippen LogP contribution in [-0.4, -0.2) is 45.0 Å². The molecule has 0 bridgehead atoms. The number of fused-ring (bicyclic) bond motifs is 1. The molecule has 0 aliphatic rings. The Kier molecular flexibility index (Phi) is 7.58. The molecule has 7 nitrogen and oxygen atoms in total. The third kappa shape index (κ3) is 5.90. The minimum atomic E-state index is -5.04. The molecule has 2 aromatic heterocycles. The molecule has 1 aromatic carbocycles. The van der Waals surface area contributed by atoms with E-state index in [2.05, 4.69) is 25.7 Å². The summed E-state index contributed by atoms with van der Waals surface area (Å²) >= 11 is 1.32. The van der Waals surface area contributed by atoms with Gasteiger partial charge >= 0.3 is 12.4 Å². The van der Waals surface area contributed by atoms with E-state index in [-0.39, 0.29) is 19.2 Å². The number of halogens is 6. The molecule has 3 aromatic rings. The van der Waals surface area contributed by atoms with Crippen LogP contribution in [0.1, 0.15) is 34.8 Å². The Hall–Kier alpha value is -3.03. The third-order valence-electron chi connectivity index (χ3n) is 4.66. The number of rotatable bonds is 8. The first kappa shape index (κ1) is 25.6. The molecular weight excluding hydrogens is 486 g/mol. The van der Waals surface area contributed by atoms with Crippen LogP contribution in [0, 0.1) is 0 Å². The first-order chi connectivity index (χ1) is 15.9. The molecule has 2 heterocycles. The quantitative estimate of drug-likeness (QED) is 0.259. The molecule has 0 radical (unpaired) electrons. The maximum atomic E-state index is 13.0. The first-order valence-corrected chi connectivity index (χ1v) is 11.3. The van der Waals surface area contributed by atoms with Crippen molar-refractivity contribution in [2.24, 2.45) is 0 Å². The Morgan fingerprint density at radius 1 is 1.03 bits per heavy atom. The molecule has 2 N–H and O–H groups in total. The van der Waals surface area contributed by atoms with Gasteiger partial charge in [-0.25, -0.2) is 14.6 Å². The van der Waals surface area contributed by atoms with Crippen molar-refractivity contribution in [2.75, 3.05) is 24.7 Å². The Labute approximate surface area is 194 Å². The molecule has 34 heavy (non-hydrogen) atoms. The van der Waals surface area contributed by atoms with Gasteiger partial charge in [0.05, 0.1) is 29.3 Å². The summed E-state index contributed by atoms with van der Waals surface area (Å²) in [5, 5.41) is 10.9. The third-order valence-corrected chi connectivity index (χ3v) is 5.21. The smallest absolute Gasteiger partial charge is 0.369 e. The number of anilines is 1. The molecule has 0 aliphatic heterocycles. The number of hydrogen-bond donors (Lipinski definition) is 2. The van der Waals surface area contributed by atoms with E-state index in [0.717, 1.165) is 6.42 Å². The van der Waals surface area contributed by atoms with Gasteiger partial charge in [0, 0.05) is 18.7 Å². The second-order valence-electron chi connectivity index (χ2n) is 7.14. The number of amides is 1. The van der Waals surface area contributed by atoms with Gasteiger partial charge in [-0.15, -0.1) is 0 Å². The number of carbonyl (C=O) groups is 1. The van der Waals surface area contributed by atoms with Gasteiger partial charge in [0.25, 0.3) is 5.91 Å². The highest BCUT2D eigenvalue weighted by Gasteiger charge is 2.37. The van der Waals surface area contributed by atoms with Crippen molar-refractivity contribution in [3.05, 3.63) is 41.1 Å². The summed E-state index contributed by atoms with van der Waals surface area (Å²) in [6, 6.07) is 0.745. The van der Waals surface area contributed by atoms with Crippen molar-refractivity contribution < 1.29 is 31.1 Å². The molecule has 0 saturated heterocycles. The van der Waals surface area contributed by atoms with Gasteiger partial charge in [-0.2, -0.15) is 31.4 Å². The molecule has 1 amide bonds. The molecule has 0 atom stereocenters. The summed E-state index contributed by atoms with van der Waals surface area (Å²) in [6.07, 6.45) is -5.87. The molecule has 0 saturated carbocycles. The Bertz CT molecular complexity index is 1140. The highest BCUT2D eigenvalue weighted by Crippen LogP contribution is 2.36. The van der Waals surface area contributed by atoms with E-state index >= 15 is 0 Å². The van der Waals surface area contributed by atoms with Crippen molar-refractivity contribution in [1.82, 2.24) is 25.1 Å². The van der Waals surface area contributed by atoms with Crippen LogP contribution < -0.4 is 10.6 Å². The standard InChI is InChI=1S/C20H20F6N6OS/c1-3-4-27-15-14-10-29-32(16(14)31-18(30-15)34-2)6-5-28-17(33)11-7-12(19(21,22)23)9-13(8-11)20(24,25)26/h7-10H,3-6H2,1-2H3,(H,28,33)(H,27,30,31). The van der Waals surface area contributed by atoms with Gasteiger partial charge in [-0.05, 0) is 30.9 Å². The summed E-state index contributed by atoms with van der Waals surface area (Å²) in [5.74, 6) is -0.479. The van der Waals surface area contributed by atoms with Crippen LogP contribution >= 0.6 is 11.8 Å². The van der Waals surface area contributed by atoms with Gasteiger partial charge in [-0.3, -0.25) is 4.79 Å². The zero-order chi connectivity index (χ0) is 25.1. The predicted octanol–water partition coefficient (Wildman–Crippen LogP) is 4.84. The highest BCUT2D eigenvalue weighted by molar-refractivity contribution is 7.98. The zero-order valence-electron chi connectivity index (χ0n) is 18.0. The van der Waals surface area contributed by atoms with E-state index in [1.54, 1.807) is 12.5 Å². The van der Waals surface area contributed by atoms with Crippen molar-refractivity contribution in [3.63, 3.8) is 0 Å². The lowest BCUT2D eigenvalue weighted by molar-refractivity contribution is -0.143. The number of thioether (sulfide) groups is 1. The summed E-state index contributed by atoms with van der Waals surface area (Å²) in [6.45, 7) is 2.65. The molecule has 184 valence electrons. The van der Waals surface area contributed by atoms with E-state index in [1.807, 2.05) is 6.92 Å². The fourth-order valence-electron chi connectivity index (χ4n) is 3.03. The van der Waals surface area contributed by atoms with Crippen LogP contribution in [0.4, 0.5) is 32.2 Å². The number of aromatic nitrogens is 4. The first-order valence-electron chi connectivity index (χ1n) is 10.0. The van der Waals surface area contributed by atoms with Crippen LogP contribution in [0.3, 0.4) is 0 Å². The lowest BCUT2D eigenvalue weighted by Gasteiger charge is -2.14. The van der Waals surface area contributed by atoms with E-state index in [0.29, 0.717) is 40.7 Å². The van der Waals surface area contributed by atoms with Crippen LogP contribution in [-0.2, 0) is 18.9 Å². The number of nitrogens with one attached hydrogen (secondary N) is 2. The highest BCUT2D eigenvalue weighted by atomic mass is 32.2. The van der Waals surface area contributed by atoms with Crippen molar-refractivity contribution >= 4 is 34.5 Å². The second-order valence-corrected chi connectivity index (χ2v) is 7.91. The Morgan fingerprint density at radius 3 is 2.24 bits per heavy atom.